The molecule has 0 bridgehead atoms. The normalized spacial score (nSPS) is 10.4. The number of nitrogens with one attached hydrogen (secondary N) is 1. The highest BCUT2D eigenvalue weighted by molar-refractivity contribution is 7.13. The fourth-order valence-corrected chi connectivity index (χ4v) is 3.22. The molecule has 1 amide bonds. The minimum absolute atomic E-state index is 0.168. The van der Waals surface area contributed by atoms with Crippen molar-refractivity contribution in [2.24, 2.45) is 0 Å². The number of hydrogen-bond acceptors (Lipinski definition) is 3. The lowest BCUT2D eigenvalue weighted by Gasteiger charge is -2.05. The number of anilines is 1. The SMILES string of the molecule is C=C(C)C(=O)Nc1ccc(-c2csc(-c3ccccc3C)n2)cc1. The molecule has 4 heteroatoms. The summed E-state index contributed by atoms with van der Waals surface area (Å²) < 4.78 is 0. The summed E-state index contributed by atoms with van der Waals surface area (Å²) >= 11 is 1.64. The Morgan fingerprint density at radius 1 is 1.12 bits per heavy atom. The molecule has 3 nitrogen and oxygen atoms in total. The number of amides is 1. The summed E-state index contributed by atoms with van der Waals surface area (Å²) in [6.07, 6.45) is 0. The number of carbonyl (C=O) groups excluding carboxylic acids is 1. The van der Waals surface area contributed by atoms with E-state index in [4.69, 9.17) is 4.98 Å². The van der Waals surface area contributed by atoms with Crippen molar-refractivity contribution in [3.63, 3.8) is 0 Å². The first kappa shape index (κ1) is 16.1. The van der Waals surface area contributed by atoms with Gasteiger partial charge in [-0.3, -0.25) is 4.79 Å². The lowest BCUT2D eigenvalue weighted by Crippen LogP contribution is -2.11. The summed E-state index contributed by atoms with van der Waals surface area (Å²) in [5.41, 5.74) is 5.59. The summed E-state index contributed by atoms with van der Waals surface area (Å²) in [7, 11) is 0. The molecule has 0 saturated heterocycles. The van der Waals surface area contributed by atoms with Crippen LogP contribution in [0, 0.1) is 6.92 Å². The first-order valence-electron chi connectivity index (χ1n) is 7.63. The van der Waals surface area contributed by atoms with Crippen LogP contribution >= 0.6 is 11.3 Å². The van der Waals surface area contributed by atoms with E-state index in [1.807, 2.05) is 36.4 Å². The van der Waals surface area contributed by atoms with Gasteiger partial charge in [0, 0.05) is 27.8 Å². The molecule has 1 aromatic heterocycles. The fraction of sp³-hybridized carbons (Fsp3) is 0.100. The molecule has 0 aliphatic rings. The third-order valence-corrected chi connectivity index (χ3v) is 4.58. The first-order chi connectivity index (χ1) is 11.5. The highest BCUT2D eigenvalue weighted by atomic mass is 32.1. The number of aromatic nitrogens is 1. The maximum atomic E-state index is 11.6. The average Bonchev–Trinajstić information content (AvgIpc) is 3.05. The molecule has 0 unspecified atom stereocenters. The Bertz CT molecular complexity index is 894. The predicted octanol–water partition coefficient (Wildman–Crippen LogP) is 5.30. The van der Waals surface area contributed by atoms with Gasteiger partial charge >= 0.3 is 0 Å². The fourth-order valence-electron chi connectivity index (χ4n) is 2.31. The van der Waals surface area contributed by atoms with E-state index in [-0.39, 0.29) is 5.91 Å². The van der Waals surface area contributed by atoms with Crippen LogP contribution in [0.15, 0.2) is 66.1 Å². The van der Waals surface area contributed by atoms with Crippen LogP contribution in [0.5, 0.6) is 0 Å². The van der Waals surface area contributed by atoms with Gasteiger partial charge in [0.1, 0.15) is 5.01 Å². The molecule has 0 saturated carbocycles. The van der Waals surface area contributed by atoms with Crippen LogP contribution in [0.2, 0.25) is 0 Å². The number of rotatable bonds is 4. The van der Waals surface area contributed by atoms with Crippen molar-refractivity contribution in [1.82, 2.24) is 4.98 Å². The molecular formula is C20H18N2OS. The predicted molar refractivity (Wildman–Crippen MR) is 101 cm³/mol. The maximum Gasteiger partial charge on any atom is 0.250 e. The van der Waals surface area contributed by atoms with E-state index in [0.29, 0.717) is 5.57 Å². The van der Waals surface area contributed by atoms with Gasteiger partial charge in [0.15, 0.2) is 0 Å². The van der Waals surface area contributed by atoms with Crippen LogP contribution < -0.4 is 5.32 Å². The molecule has 1 heterocycles. The van der Waals surface area contributed by atoms with Gasteiger partial charge < -0.3 is 5.32 Å². The van der Waals surface area contributed by atoms with E-state index in [2.05, 4.69) is 36.3 Å². The zero-order valence-electron chi connectivity index (χ0n) is 13.7. The minimum Gasteiger partial charge on any atom is -0.322 e. The van der Waals surface area contributed by atoms with E-state index in [9.17, 15) is 4.79 Å². The van der Waals surface area contributed by atoms with Crippen LogP contribution in [0.1, 0.15) is 12.5 Å². The van der Waals surface area contributed by atoms with Crippen molar-refractivity contribution in [3.8, 4) is 21.8 Å². The van der Waals surface area contributed by atoms with Gasteiger partial charge in [0.25, 0.3) is 5.91 Å². The molecule has 120 valence electrons. The molecule has 0 atom stereocenters. The topological polar surface area (TPSA) is 42.0 Å². The summed E-state index contributed by atoms with van der Waals surface area (Å²) in [4.78, 5) is 16.4. The lowest BCUT2D eigenvalue weighted by atomic mass is 10.1. The third kappa shape index (κ3) is 3.44. The van der Waals surface area contributed by atoms with Gasteiger partial charge in [-0.25, -0.2) is 4.98 Å². The Kier molecular flexibility index (Phi) is 4.58. The zero-order valence-corrected chi connectivity index (χ0v) is 14.5. The third-order valence-electron chi connectivity index (χ3n) is 3.71. The number of benzene rings is 2. The van der Waals surface area contributed by atoms with E-state index in [0.717, 1.165) is 22.0 Å². The second-order valence-electron chi connectivity index (χ2n) is 5.66. The summed E-state index contributed by atoms with van der Waals surface area (Å²) in [6, 6.07) is 15.9. The largest absolute Gasteiger partial charge is 0.322 e. The Morgan fingerprint density at radius 2 is 1.83 bits per heavy atom. The molecule has 3 rings (SSSR count). The molecular weight excluding hydrogens is 316 g/mol. The molecule has 0 spiro atoms. The number of hydrogen-bond donors (Lipinski definition) is 1. The number of nitrogens with zero attached hydrogens (tertiary/aromatic N) is 1. The van der Waals surface area contributed by atoms with Crippen molar-refractivity contribution in [1.29, 1.82) is 0 Å². The second-order valence-corrected chi connectivity index (χ2v) is 6.52. The summed E-state index contributed by atoms with van der Waals surface area (Å²) in [5.74, 6) is -0.168. The molecule has 24 heavy (non-hydrogen) atoms. The number of carbonyl (C=O) groups is 1. The van der Waals surface area contributed by atoms with Gasteiger partial charge in [-0.15, -0.1) is 11.3 Å². The van der Waals surface area contributed by atoms with Crippen LogP contribution in [-0.2, 0) is 4.79 Å². The van der Waals surface area contributed by atoms with Crippen LogP contribution in [0.3, 0.4) is 0 Å². The second kappa shape index (κ2) is 6.81. The highest BCUT2D eigenvalue weighted by Crippen LogP contribution is 2.31. The highest BCUT2D eigenvalue weighted by Gasteiger charge is 2.09. The van der Waals surface area contributed by atoms with Gasteiger partial charge in [-0.2, -0.15) is 0 Å². The Labute approximate surface area is 145 Å². The summed E-state index contributed by atoms with van der Waals surface area (Å²) in [6.45, 7) is 7.41. The molecule has 1 N–H and O–H groups in total. The lowest BCUT2D eigenvalue weighted by molar-refractivity contribution is -0.112. The zero-order chi connectivity index (χ0) is 17.1. The molecule has 0 aliphatic heterocycles. The number of aryl methyl sites for hydroxylation is 1. The van der Waals surface area contributed by atoms with Crippen molar-refractivity contribution >= 4 is 22.9 Å². The van der Waals surface area contributed by atoms with E-state index < -0.39 is 0 Å². The Morgan fingerprint density at radius 3 is 2.50 bits per heavy atom. The molecule has 2 aromatic carbocycles. The Balaban J connectivity index is 1.82. The van der Waals surface area contributed by atoms with Crippen molar-refractivity contribution < 1.29 is 4.79 Å². The first-order valence-corrected chi connectivity index (χ1v) is 8.51. The average molecular weight is 334 g/mol. The van der Waals surface area contributed by atoms with E-state index >= 15 is 0 Å². The van der Waals surface area contributed by atoms with E-state index in [1.165, 1.54) is 11.1 Å². The van der Waals surface area contributed by atoms with E-state index in [1.54, 1.807) is 18.3 Å². The van der Waals surface area contributed by atoms with Crippen molar-refractivity contribution in [3.05, 3.63) is 71.6 Å². The van der Waals surface area contributed by atoms with Crippen molar-refractivity contribution in [2.75, 3.05) is 5.32 Å². The minimum atomic E-state index is -0.168. The maximum absolute atomic E-state index is 11.6. The Hall–Kier alpha value is -2.72. The van der Waals surface area contributed by atoms with Crippen molar-refractivity contribution in [2.45, 2.75) is 13.8 Å². The monoisotopic (exact) mass is 334 g/mol. The molecule has 3 aromatic rings. The summed E-state index contributed by atoms with van der Waals surface area (Å²) in [5, 5.41) is 5.88. The van der Waals surface area contributed by atoms with Gasteiger partial charge in [-0.05, 0) is 31.5 Å². The molecule has 0 radical (unpaired) electrons. The molecule has 0 aliphatic carbocycles. The van der Waals surface area contributed by atoms with Gasteiger partial charge in [0.05, 0.1) is 5.69 Å². The quantitative estimate of drug-likeness (QED) is 0.658. The van der Waals surface area contributed by atoms with Crippen LogP contribution in [0.25, 0.3) is 21.8 Å². The van der Waals surface area contributed by atoms with Gasteiger partial charge in [-0.1, -0.05) is 43.0 Å². The smallest absolute Gasteiger partial charge is 0.250 e. The van der Waals surface area contributed by atoms with Crippen LogP contribution in [-0.4, -0.2) is 10.9 Å². The number of thiazole rings is 1. The van der Waals surface area contributed by atoms with Gasteiger partial charge in [0.2, 0.25) is 0 Å². The standard InChI is InChI=1S/C20H18N2OS/c1-13(2)19(23)21-16-10-8-15(9-11-16)18-12-24-20(22-18)17-7-5-4-6-14(17)3/h4-12H,1H2,2-3H3,(H,21,23). The van der Waals surface area contributed by atoms with Crippen LogP contribution in [0.4, 0.5) is 5.69 Å². The molecule has 0 fully saturated rings.